The van der Waals surface area contributed by atoms with E-state index in [0.29, 0.717) is 17.5 Å². The van der Waals surface area contributed by atoms with E-state index in [4.69, 9.17) is 4.74 Å². The highest BCUT2D eigenvalue weighted by Gasteiger charge is 2.38. The summed E-state index contributed by atoms with van der Waals surface area (Å²) >= 11 is 0. The summed E-state index contributed by atoms with van der Waals surface area (Å²) in [5.74, 6) is 0.482. The van der Waals surface area contributed by atoms with Gasteiger partial charge in [-0.2, -0.15) is 5.10 Å². The molecule has 0 aromatic carbocycles. The second-order valence-electron chi connectivity index (χ2n) is 6.73. The first-order valence-corrected chi connectivity index (χ1v) is 7.91. The van der Waals surface area contributed by atoms with Crippen molar-refractivity contribution in [2.24, 2.45) is 17.8 Å². The normalized spacial score (nSPS) is 30.8. The monoisotopic (exact) mass is 306 g/mol. The van der Waals surface area contributed by atoms with Crippen LogP contribution in [0.3, 0.4) is 0 Å². The van der Waals surface area contributed by atoms with Gasteiger partial charge >= 0.3 is 5.97 Å². The summed E-state index contributed by atoms with van der Waals surface area (Å²) in [6.45, 7) is 1.67. The van der Waals surface area contributed by atoms with Crippen molar-refractivity contribution in [1.82, 2.24) is 10.2 Å². The summed E-state index contributed by atoms with van der Waals surface area (Å²) in [7, 11) is 0. The number of carbonyl (C=O) groups excluding carboxylic acids is 1. The fourth-order valence-electron chi connectivity index (χ4n) is 3.89. The van der Waals surface area contributed by atoms with Crippen molar-refractivity contribution in [3.8, 4) is 0 Å². The van der Waals surface area contributed by atoms with Crippen LogP contribution in [0.25, 0.3) is 0 Å². The quantitative estimate of drug-likeness (QED) is 0.821. The minimum absolute atomic E-state index is 0.0805. The number of aromatic nitrogens is 2. The third-order valence-corrected chi connectivity index (χ3v) is 4.80. The molecule has 6 nitrogen and oxygen atoms in total. The van der Waals surface area contributed by atoms with Crippen LogP contribution in [-0.4, -0.2) is 27.4 Å². The Kier molecular flexibility index (Phi) is 4.29. The number of hydrogen-bond acceptors (Lipinski definition) is 5. The molecule has 2 unspecified atom stereocenters. The Morgan fingerprint density at radius 3 is 2.64 bits per heavy atom. The molecule has 0 radical (unpaired) electrons. The van der Waals surface area contributed by atoms with Crippen molar-refractivity contribution in [2.75, 3.05) is 0 Å². The SMILES string of the molecule is Cc1cc(=O)c(COC(=O)C2C[C@H]3CC(O)C[C@@H](C2)C3)n[nH]1. The molecule has 3 rings (SSSR count). The van der Waals surface area contributed by atoms with Gasteiger partial charge in [-0.25, -0.2) is 0 Å². The molecule has 0 spiro atoms. The van der Waals surface area contributed by atoms with E-state index >= 15 is 0 Å². The zero-order valence-electron chi connectivity index (χ0n) is 12.7. The zero-order valence-corrected chi connectivity index (χ0v) is 12.7. The second kappa shape index (κ2) is 6.20. The van der Waals surface area contributed by atoms with E-state index in [2.05, 4.69) is 10.2 Å². The van der Waals surface area contributed by atoms with Gasteiger partial charge in [-0.05, 0) is 50.9 Å². The molecular weight excluding hydrogens is 284 g/mol. The molecule has 1 aromatic heterocycles. The lowest BCUT2D eigenvalue weighted by Crippen LogP contribution is -2.36. The van der Waals surface area contributed by atoms with E-state index in [1.165, 1.54) is 6.07 Å². The zero-order chi connectivity index (χ0) is 15.7. The van der Waals surface area contributed by atoms with Gasteiger partial charge in [0.15, 0.2) is 0 Å². The van der Waals surface area contributed by atoms with Crippen LogP contribution in [0.4, 0.5) is 0 Å². The standard InChI is InChI=1S/C16H22N2O4/c1-9-2-15(20)14(18-17-9)8-22-16(21)12-4-10-3-11(5-12)7-13(19)6-10/h2,10-13,19H,3-8H2,1H3,(H,17,20)/t10-,11+,12?,13?. The van der Waals surface area contributed by atoms with Crippen LogP contribution in [0.5, 0.6) is 0 Å². The van der Waals surface area contributed by atoms with E-state index in [9.17, 15) is 14.7 Å². The van der Waals surface area contributed by atoms with E-state index in [0.717, 1.165) is 32.1 Å². The van der Waals surface area contributed by atoms with Crippen molar-refractivity contribution < 1.29 is 14.6 Å². The summed E-state index contributed by atoms with van der Waals surface area (Å²) in [5.41, 5.74) is 0.691. The molecule has 1 aromatic rings. The van der Waals surface area contributed by atoms with Gasteiger partial charge in [0, 0.05) is 11.8 Å². The molecule has 1 heterocycles. The smallest absolute Gasteiger partial charge is 0.309 e. The van der Waals surface area contributed by atoms with Crippen LogP contribution < -0.4 is 5.43 Å². The molecule has 2 fully saturated rings. The number of aryl methyl sites for hydroxylation is 1. The van der Waals surface area contributed by atoms with Gasteiger partial charge in [-0.1, -0.05) is 0 Å². The van der Waals surface area contributed by atoms with Crippen LogP contribution in [0.1, 0.15) is 43.5 Å². The number of H-pyrrole nitrogens is 1. The summed E-state index contributed by atoms with van der Waals surface area (Å²) in [5, 5.41) is 16.4. The number of rotatable bonds is 3. The topological polar surface area (TPSA) is 92.3 Å². The van der Waals surface area contributed by atoms with Gasteiger partial charge in [0.2, 0.25) is 5.43 Å². The molecule has 2 N–H and O–H groups in total. The highest BCUT2D eigenvalue weighted by Crippen LogP contribution is 2.43. The largest absolute Gasteiger partial charge is 0.459 e. The van der Waals surface area contributed by atoms with E-state index in [1.54, 1.807) is 6.92 Å². The minimum atomic E-state index is -0.243. The number of aliphatic hydroxyl groups excluding tert-OH is 1. The predicted molar refractivity (Wildman–Crippen MR) is 79.0 cm³/mol. The van der Waals surface area contributed by atoms with E-state index in [-0.39, 0.29) is 35.7 Å². The van der Waals surface area contributed by atoms with Gasteiger partial charge in [-0.15, -0.1) is 0 Å². The Bertz CT molecular complexity index is 594. The first-order valence-electron chi connectivity index (χ1n) is 7.91. The first-order chi connectivity index (χ1) is 10.5. The molecule has 0 saturated heterocycles. The molecule has 4 atom stereocenters. The van der Waals surface area contributed by atoms with Gasteiger partial charge in [0.05, 0.1) is 12.0 Å². The van der Waals surface area contributed by atoms with Crippen LogP contribution >= 0.6 is 0 Å². The predicted octanol–water partition coefficient (Wildman–Crippen LogP) is 1.31. The number of esters is 1. The molecule has 120 valence electrons. The number of aliphatic hydroxyl groups is 1. The Labute approximate surface area is 128 Å². The molecule has 22 heavy (non-hydrogen) atoms. The van der Waals surface area contributed by atoms with Crippen molar-refractivity contribution in [3.63, 3.8) is 0 Å². The van der Waals surface area contributed by atoms with Crippen LogP contribution in [0.15, 0.2) is 10.9 Å². The number of carbonyl (C=O) groups is 1. The first kappa shape index (κ1) is 15.2. The maximum absolute atomic E-state index is 12.2. The number of ether oxygens (including phenoxy) is 1. The molecular formula is C16H22N2O4. The van der Waals surface area contributed by atoms with Crippen molar-refractivity contribution in [1.29, 1.82) is 0 Å². The summed E-state index contributed by atoms with van der Waals surface area (Å²) in [6, 6.07) is 1.45. The fraction of sp³-hybridized carbons (Fsp3) is 0.688. The van der Waals surface area contributed by atoms with E-state index < -0.39 is 0 Å². The third-order valence-electron chi connectivity index (χ3n) is 4.80. The van der Waals surface area contributed by atoms with Crippen LogP contribution in [0, 0.1) is 24.7 Å². The lowest BCUT2D eigenvalue weighted by molar-refractivity contribution is -0.153. The maximum Gasteiger partial charge on any atom is 0.309 e. The summed E-state index contributed by atoms with van der Waals surface area (Å²) in [4.78, 5) is 24.0. The van der Waals surface area contributed by atoms with Crippen LogP contribution in [0.2, 0.25) is 0 Å². The van der Waals surface area contributed by atoms with Crippen molar-refractivity contribution in [2.45, 2.75) is 51.7 Å². The Balaban J connectivity index is 1.57. The van der Waals surface area contributed by atoms with Gasteiger partial charge in [0.25, 0.3) is 0 Å². The number of fused-ring (bicyclic) bond motifs is 2. The van der Waals surface area contributed by atoms with Gasteiger partial charge < -0.3 is 9.84 Å². The van der Waals surface area contributed by atoms with Gasteiger partial charge in [0.1, 0.15) is 12.3 Å². The Hall–Kier alpha value is -1.69. The fourth-order valence-corrected chi connectivity index (χ4v) is 3.89. The average Bonchev–Trinajstić information content (AvgIpc) is 2.44. The highest BCUT2D eigenvalue weighted by molar-refractivity contribution is 5.72. The summed E-state index contributed by atoms with van der Waals surface area (Å²) < 4.78 is 5.30. The molecule has 0 aliphatic heterocycles. The Morgan fingerprint density at radius 2 is 2.00 bits per heavy atom. The van der Waals surface area contributed by atoms with Crippen LogP contribution in [-0.2, 0) is 16.1 Å². The molecule has 0 amide bonds. The lowest BCUT2D eigenvalue weighted by Gasteiger charge is -2.40. The third kappa shape index (κ3) is 3.38. The van der Waals surface area contributed by atoms with Gasteiger partial charge in [-0.3, -0.25) is 14.7 Å². The number of nitrogens with zero attached hydrogens (tertiary/aromatic N) is 1. The second-order valence-corrected chi connectivity index (χ2v) is 6.73. The van der Waals surface area contributed by atoms with E-state index in [1.807, 2.05) is 0 Å². The minimum Gasteiger partial charge on any atom is -0.459 e. The molecule has 2 aliphatic carbocycles. The lowest BCUT2D eigenvalue weighted by atomic mass is 9.67. The highest BCUT2D eigenvalue weighted by atomic mass is 16.5. The molecule has 2 bridgehead atoms. The number of aromatic amines is 1. The van der Waals surface area contributed by atoms with Crippen molar-refractivity contribution in [3.05, 3.63) is 27.7 Å². The van der Waals surface area contributed by atoms with Crippen molar-refractivity contribution >= 4 is 5.97 Å². The Morgan fingerprint density at radius 1 is 1.32 bits per heavy atom. The molecule has 6 heteroatoms. The molecule has 2 saturated carbocycles. The maximum atomic E-state index is 12.2. The summed E-state index contributed by atoms with van der Waals surface area (Å²) in [6.07, 6.45) is 4.05. The number of hydrogen-bond donors (Lipinski definition) is 2. The average molecular weight is 306 g/mol. The molecule has 2 aliphatic rings. The number of nitrogens with one attached hydrogen (secondary N) is 1.